The molecule has 1 aliphatic carbocycles. The van der Waals surface area contributed by atoms with E-state index in [9.17, 15) is 28.6 Å². The zero-order valence-corrected chi connectivity index (χ0v) is 21.2. The van der Waals surface area contributed by atoms with Crippen molar-refractivity contribution in [1.29, 1.82) is 0 Å². The van der Waals surface area contributed by atoms with Crippen molar-refractivity contribution >= 4 is 11.8 Å². The van der Waals surface area contributed by atoms with Gasteiger partial charge in [-0.1, -0.05) is 32.8 Å². The van der Waals surface area contributed by atoms with E-state index in [1.54, 1.807) is 4.90 Å². The molecule has 1 saturated carbocycles. The fourth-order valence-electron chi connectivity index (χ4n) is 6.27. The van der Waals surface area contributed by atoms with Gasteiger partial charge in [0.1, 0.15) is 29.6 Å². The highest BCUT2D eigenvalue weighted by Crippen LogP contribution is 2.41. The van der Waals surface area contributed by atoms with Gasteiger partial charge >= 0.3 is 0 Å². The molecule has 5 rings (SSSR count). The Morgan fingerprint density at radius 1 is 1.19 bits per heavy atom. The second-order valence-electron chi connectivity index (χ2n) is 10.9. The van der Waals surface area contributed by atoms with Crippen LogP contribution in [0, 0.1) is 23.5 Å². The molecular formula is C27H34F2N4O4. The molecule has 3 N–H and O–H groups in total. The van der Waals surface area contributed by atoms with Crippen LogP contribution in [0.15, 0.2) is 41.4 Å². The van der Waals surface area contributed by atoms with Crippen LogP contribution < -0.4 is 5.32 Å². The summed E-state index contributed by atoms with van der Waals surface area (Å²) in [5.74, 6) is -2.35. The second kappa shape index (κ2) is 10.1. The van der Waals surface area contributed by atoms with Gasteiger partial charge in [-0.2, -0.15) is 0 Å². The summed E-state index contributed by atoms with van der Waals surface area (Å²) >= 11 is 0. The van der Waals surface area contributed by atoms with Gasteiger partial charge in [-0.15, -0.1) is 0 Å². The van der Waals surface area contributed by atoms with Crippen LogP contribution in [0.2, 0.25) is 0 Å². The number of piperazine rings is 1. The number of benzene rings is 1. The first-order chi connectivity index (χ1) is 17.7. The van der Waals surface area contributed by atoms with Crippen molar-refractivity contribution < 1.29 is 28.6 Å². The quantitative estimate of drug-likeness (QED) is 0.557. The lowest BCUT2D eigenvalue weighted by Crippen LogP contribution is -2.70. The van der Waals surface area contributed by atoms with Crippen LogP contribution in [-0.4, -0.2) is 74.7 Å². The summed E-state index contributed by atoms with van der Waals surface area (Å²) in [5.41, 5.74) is -0.0640. The van der Waals surface area contributed by atoms with Crippen LogP contribution in [0.4, 0.5) is 8.78 Å². The van der Waals surface area contributed by atoms with Gasteiger partial charge in [0.05, 0.1) is 12.1 Å². The Balaban J connectivity index is 1.40. The third-order valence-corrected chi connectivity index (χ3v) is 7.93. The van der Waals surface area contributed by atoms with Gasteiger partial charge in [-0.05, 0) is 30.7 Å². The lowest BCUT2D eigenvalue weighted by molar-refractivity contribution is -0.159. The second-order valence-corrected chi connectivity index (χ2v) is 10.9. The maximum atomic E-state index is 14.0. The molecule has 1 aromatic rings. The first-order valence-electron chi connectivity index (χ1n) is 13.0. The molecule has 4 atom stereocenters. The molecule has 0 spiro atoms. The fraction of sp³-hybridized carbons (Fsp3) is 0.556. The van der Waals surface area contributed by atoms with E-state index in [1.807, 2.05) is 4.90 Å². The Morgan fingerprint density at radius 2 is 1.95 bits per heavy atom. The molecule has 4 aliphatic rings. The molecule has 3 aliphatic heterocycles. The minimum atomic E-state index is -1.69. The molecule has 0 bridgehead atoms. The Morgan fingerprint density at radius 3 is 2.68 bits per heavy atom. The molecule has 0 aromatic heterocycles. The molecule has 8 nitrogen and oxygen atoms in total. The fourth-order valence-corrected chi connectivity index (χ4v) is 6.27. The molecule has 1 unspecified atom stereocenters. The predicted molar refractivity (Wildman–Crippen MR) is 131 cm³/mol. The van der Waals surface area contributed by atoms with Gasteiger partial charge in [-0.25, -0.2) is 8.78 Å². The number of halogens is 2. The van der Waals surface area contributed by atoms with Crippen molar-refractivity contribution in [3.05, 3.63) is 58.6 Å². The van der Waals surface area contributed by atoms with Gasteiger partial charge in [0.25, 0.3) is 11.8 Å². The average molecular weight is 517 g/mol. The van der Waals surface area contributed by atoms with Crippen LogP contribution in [-0.2, 0) is 16.1 Å². The third-order valence-electron chi connectivity index (χ3n) is 7.93. The summed E-state index contributed by atoms with van der Waals surface area (Å²) in [6, 6.07) is 3.14. The van der Waals surface area contributed by atoms with E-state index in [0.29, 0.717) is 18.4 Å². The van der Waals surface area contributed by atoms with Crippen molar-refractivity contribution in [2.45, 2.75) is 64.4 Å². The molecule has 3 fully saturated rings. The number of carbonyl (C=O) groups excluding carboxylic acids is 2. The van der Waals surface area contributed by atoms with Crippen LogP contribution in [0.1, 0.15) is 45.1 Å². The minimum Gasteiger partial charge on any atom is -0.507 e. The number of rotatable bonds is 5. The van der Waals surface area contributed by atoms with Gasteiger partial charge in [0, 0.05) is 43.5 Å². The predicted octanol–water partition coefficient (Wildman–Crippen LogP) is 2.61. The summed E-state index contributed by atoms with van der Waals surface area (Å²) in [6.45, 7) is 6.13. The number of aliphatic hydroxyl groups is 2. The highest BCUT2D eigenvalue weighted by Gasteiger charge is 2.51. The standard InChI is InChI=1S/C27H34F2N4O4/c1-15(2)11-31-12-17-5-3-4-6-21(17)33-22(31)14-32-13-19(24(34)25(35)23(32)27(33)37)26(36)30-10-16-7-8-18(28)9-20(16)29/h7-9,13,15,17,21-22,24,34-35H,3-6,10-12,14H2,1-2H3,(H,30,36)/t17-,21-,22-,24?/m0/s1. The van der Waals surface area contributed by atoms with Crippen molar-refractivity contribution in [3.63, 3.8) is 0 Å². The number of nitrogens with one attached hydrogen (secondary N) is 1. The molecule has 1 aromatic carbocycles. The molecule has 37 heavy (non-hydrogen) atoms. The van der Waals surface area contributed by atoms with Gasteiger partial charge in [0.15, 0.2) is 5.76 Å². The van der Waals surface area contributed by atoms with E-state index in [0.717, 1.165) is 50.9 Å². The largest absolute Gasteiger partial charge is 0.507 e. The van der Waals surface area contributed by atoms with E-state index >= 15 is 0 Å². The Kier molecular flexibility index (Phi) is 6.97. The first-order valence-corrected chi connectivity index (χ1v) is 13.0. The van der Waals surface area contributed by atoms with Crippen molar-refractivity contribution in [2.24, 2.45) is 11.8 Å². The van der Waals surface area contributed by atoms with Gasteiger partial charge in [-0.3, -0.25) is 14.5 Å². The number of carbonyl (C=O) groups is 2. The van der Waals surface area contributed by atoms with Crippen molar-refractivity contribution in [2.75, 3.05) is 19.6 Å². The maximum Gasteiger partial charge on any atom is 0.275 e. The number of amides is 2. The first kappa shape index (κ1) is 25.7. The zero-order valence-electron chi connectivity index (χ0n) is 21.2. The number of nitrogens with zero attached hydrogens (tertiary/aromatic N) is 3. The molecule has 2 saturated heterocycles. The lowest BCUT2D eigenvalue weighted by Gasteiger charge is -2.57. The summed E-state index contributed by atoms with van der Waals surface area (Å²) in [4.78, 5) is 32.6. The summed E-state index contributed by atoms with van der Waals surface area (Å²) in [5, 5.41) is 24.2. The van der Waals surface area contributed by atoms with Gasteiger partial charge < -0.3 is 25.3 Å². The molecule has 200 valence electrons. The highest BCUT2D eigenvalue weighted by atomic mass is 19.1. The summed E-state index contributed by atoms with van der Waals surface area (Å²) < 4.78 is 27.2. The third kappa shape index (κ3) is 4.72. The highest BCUT2D eigenvalue weighted by molar-refractivity contribution is 5.99. The molecule has 0 radical (unpaired) electrons. The van der Waals surface area contributed by atoms with Crippen molar-refractivity contribution in [3.8, 4) is 0 Å². The Hall–Kier alpha value is -2.98. The van der Waals surface area contributed by atoms with E-state index in [2.05, 4.69) is 24.1 Å². The minimum absolute atomic E-state index is 0.000555. The number of hydrogen-bond acceptors (Lipinski definition) is 6. The number of fused-ring (bicyclic) bond motifs is 4. The average Bonchev–Trinajstić information content (AvgIpc) is 2.85. The Bertz CT molecular complexity index is 1150. The number of hydrogen-bond donors (Lipinski definition) is 3. The summed E-state index contributed by atoms with van der Waals surface area (Å²) in [6.07, 6.45) is 3.68. The van der Waals surface area contributed by atoms with E-state index in [4.69, 9.17) is 0 Å². The smallest absolute Gasteiger partial charge is 0.275 e. The maximum absolute atomic E-state index is 14.0. The number of aliphatic hydroxyl groups excluding tert-OH is 2. The zero-order chi connectivity index (χ0) is 26.4. The van der Waals surface area contributed by atoms with Crippen LogP contribution >= 0.6 is 0 Å². The van der Waals surface area contributed by atoms with E-state index in [-0.39, 0.29) is 41.5 Å². The monoisotopic (exact) mass is 516 g/mol. The van der Waals surface area contributed by atoms with Crippen LogP contribution in [0.5, 0.6) is 0 Å². The molecular weight excluding hydrogens is 482 g/mol. The lowest BCUT2D eigenvalue weighted by atomic mass is 9.79. The topological polar surface area (TPSA) is 96.4 Å². The Labute approximate surface area is 215 Å². The molecule has 2 amide bonds. The van der Waals surface area contributed by atoms with Gasteiger partial charge in [0.2, 0.25) is 0 Å². The van der Waals surface area contributed by atoms with Crippen LogP contribution in [0.3, 0.4) is 0 Å². The molecule has 10 heteroatoms. The SMILES string of the molecule is CC(C)CN1C[C@@H]2CCCC[C@@H]2N2C(=O)C3=C(O)C(O)C(C(=O)NCc4ccc(F)cc4F)=CN3C[C@@H]12. The normalized spacial score (nSPS) is 28.1. The summed E-state index contributed by atoms with van der Waals surface area (Å²) in [7, 11) is 0. The van der Waals surface area contributed by atoms with E-state index < -0.39 is 29.4 Å². The molecule has 3 heterocycles. The van der Waals surface area contributed by atoms with Crippen LogP contribution in [0.25, 0.3) is 0 Å². The van der Waals surface area contributed by atoms with Crippen molar-refractivity contribution in [1.82, 2.24) is 20.0 Å². The van der Waals surface area contributed by atoms with E-state index in [1.165, 1.54) is 12.3 Å².